The third-order valence-electron chi connectivity index (χ3n) is 6.62. The topological polar surface area (TPSA) is 72.9 Å². The van der Waals surface area contributed by atoms with E-state index in [-0.39, 0.29) is 23.8 Å². The Kier molecular flexibility index (Phi) is 6.43. The zero-order chi connectivity index (χ0) is 18.6. The highest BCUT2D eigenvalue weighted by molar-refractivity contribution is 5.79. The van der Waals surface area contributed by atoms with Gasteiger partial charge in [0.2, 0.25) is 5.91 Å². The van der Waals surface area contributed by atoms with E-state index in [0.717, 1.165) is 51.6 Å². The van der Waals surface area contributed by atoms with Gasteiger partial charge in [-0.25, -0.2) is 4.79 Å². The summed E-state index contributed by atoms with van der Waals surface area (Å²) >= 11 is 0. The van der Waals surface area contributed by atoms with Crippen LogP contribution >= 0.6 is 0 Å². The Balaban J connectivity index is 1.41. The summed E-state index contributed by atoms with van der Waals surface area (Å²) < 4.78 is 0. The molecular weight excluding hydrogens is 330 g/mol. The lowest BCUT2D eigenvalue weighted by atomic mass is 9.78. The van der Waals surface area contributed by atoms with E-state index >= 15 is 0 Å². The molecule has 0 unspecified atom stereocenters. The van der Waals surface area contributed by atoms with Gasteiger partial charge in [-0.15, -0.1) is 0 Å². The smallest absolute Gasteiger partial charge is 0.319 e. The zero-order valence-corrected chi connectivity index (χ0v) is 16.2. The monoisotopic (exact) mass is 365 g/mol. The maximum Gasteiger partial charge on any atom is 0.319 e. The number of nitrogens with one attached hydrogen (secondary N) is 1. The first-order valence-corrected chi connectivity index (χ1v) is 10.5. The molecule has 6 nitrogen and oxygen atoms in total. The van der Waals surface area contributed by atoms with Gasteiger partial charge >= 0.3 is 6.03 Å². The van der Waals surface area contributed by atoms with Crippen molar-refractivity contribution in [1.29, 1.82) is 0 Å². The molecule has 0 aromatic heterocycles. The predicted molar refractivity (Wildman–Crippen MR) is 101 cm³/mol. The molecule has 6 heteroatoms. The second kappa shape index (κ2) is 8.59. The lowest BCUT2D eigenvalue weighted by Crippen LogP contribution is -2.50. The van der Waals surface area contributed by atoms with E-state index in [1.54, 1.807) is 0 Å². The van der Waals surface area contributed by atoms with Gasteiger partial charge in [-0.05, 0) is 51.4 Å². The molecule has 0 aromatic rings. The third-order valence-corrected chi connectivity index (χ3v) is 6.62. The molecule has 2 saturated heterocycles. The molecule has 2 aliphatic heterocycles. The van der Waals surface area contributed by atoms with Gasteiger partial charge in [-0.3, -0.25) is 4.79 Å². The molecule has 1 saturated carbocycles. The molecule has 26 heavy (non-hydrogen) atoms. The number of carbonyl (C=O) groups excluding carboxylic acids is 2. The van der Waals surface area contributed by atoms with Crippen molar-refractivity contribution in [2.75, 3.05) is 32.7 Å². The lowest BCUT2D eigenvalue weighted by molar-refractivity contribution is -0.128. The fraction of sp³-hybridized carbons (Fsp3) is 0.900. The molecule has 3 aliphatic rings. The van der Waals surface area contributed by atoms with Crippen LogP contribution in [0.25, 0.3) is 0 Å². The molecule has 3 rings (SSSR count). The van der Waals surface area contributed by atoms with Crippen LogP contribution in [0.4, 0.5) is 4.79 Å². The Hall–Kier alpha value is -1.30. The highest BCUT2D eigenvalue weighted by Gasteiger charge is 2.35. The second-order valence-electron chi connectivity index (χ2n) is 8.65. The van der Waals surface area contributed by atoms with Crippen LogP contribution < -0.4 is 5.32 Å². The van der Waals surface area contributed by atoms with Crippen LogP contribution in [-0.2, 0) is 4.79 Å². The van der Waals surface area contributed by atoms with E-state index < -0.39 is 5.60 Å². The molecule has 3 fully saturated rings. The fourth-order valence-corrected chi connectivity index (χ4v) is 4.72. The molecule has 0 aromatic carbocycles. The minimum atomic E-state index is -0.817. The summed E-state index contributed by atoms with van der Waals surface area (Å²) in [5, 5.41) is 13.7. The number of hydrogen-bond acceptors (Lipinski definition) is 3. The average Bonchev–Trinajstić information content (AvgIpc) is 3.21. The van der Waals surface area contributed by atoms with Crippen molar-refractivity contribution < 1.29 is 14.7 Å². The van der Waals surface area contributed by atoms with Gasteiger partial charge in [0.15, 0.2) is 0 Å². The normalized spacial score (nSPS) is 25.2. The highest BCUT2D eigenvalue weighted by atomic mass is 16.3. The lowest BCUT2D eigenvalue weighted by Gasteiger charge is -2.37. The molecule has 1 aliphatic carbocycles. The van der Waals surface area contributed by atoms with Gasteiger partial charge in [0.05, 0.1) is 5.60 Å². The Morgan fingerprint density at radius 3 is 2.12 bits per heavy atom. The van der Waals surface area contributed by atoms with Crippen LogP contribution in [0.15, 0.2) is 0 Å². The predicted octanol–water partition coefficient (Wildman–Crippen LogP) is 2.36. The van der Waals surface area contributed by atoms with E-state index in [0.29, 0.717) is 19.6 Å². The molecule has 1 atom stereocenters. The number of nitrogens with zero attached hydrogens (tertiary/aromatic N) is 2. The number of likely N-dealkylation sites (tertiary alicyclic amines) is 2. The van der Waals surface area contributed by atoms with Gasteiger partial charge < -0.3 is 20.2 Å². The molecule has 3 amide bonds. The number of rotatable bonds is 4. The first kappa shape index (κ1) is 19.5. The molecule has 0 spiro atoms. The van der Waals surface area contributed by atoms with Gasteiger partial charge in [0.1, 0.15) is 0 Å². The third kappa shape index (κ3) is 4.70. The standard InChI is InChI=1S/C20H35N3O3/c1-20(26,17-7-3-2-4-8-17)15-21-18(24)16-9-13-23(14-10-16)19(25)22-11-5-6-12-22/h16-17,26H,2-15H2,1H3,(H,21,24)/t20-/m0/s1. The van der Waals surface area contributed by atoms with Crippen molar-refractivity contribution in [3.05, 3.63) is 0 Å². The molecule has 148 valence electrons. The Bertz CT molecular complexity index is 489. The number of urea groups is 1. The van der Waals surface area contributed by atoms with Gasteiger partial charge in [-0.2, -0.15) is 0 Å². The van der Waals surface area contributed by atoms with Crippen LogP contribution in [-0.4, -0.2) is 65.2 Å². The van der Waals surface area contributed by atoms with Crippen molar-refractivity contribution >= 4 is 11.9 Å². The summed E-state index contributed by atoms with van der Waals surface area (Å²) in [5.41, 5.74) is -0.817. The maximum absolute atomic E-state index is 12.5. The number of carbonyl (C=O) groups is 2. The molecule has 2 N–H and O–H groups in total. The van der Waals surface area contributed by atoms with E-state index in [2.05, 4.69) is 5.32 Å². The van der Waals surface area contributed by atoms with Crippen molar-refractivity contribution in [1.82, 2.24) is 15.1 Å². The van der Waals surface area contributed by atoms with E-state index in [9.17, 15) is 14.7 Å². The summed E-state index contributed by atoms with van der Waals surface area (Å²) in [6, 6.07) is 0.140. The van der Waals surface area contributed by atoms with Gasteiger partial charge in [-0.1, -0.05) is 19.3 Å². The Morgan fingerprint density at radius 1 is 0.923 bits per heavy atom. The van der Waals surface area contributed by atoms with Crippen LogP contribution in [0.2, 0.25) is 0 Å². The fourth-order valence-electron chi connectivity index (χ4n) is 4.72. The largest absolute Gasteiger partial charge is 0.388 e. The van der Waals surface area contributed by atoms with Crippen molar-refractivity contribution in [3.63, 3.8) is 0 Å². The Labute approximate surface area is 157 Å². The van der Waals surface area contributed by atoms with Gasteiger partial charge in [0, 0.05) is 38.6 Å². The SMILES string of the molecule is C[C@](O)(CNC(=O)C1CCN(C(=O)N2CCCC2)CC1)C1CCCCC1. The summed E-state index contributed by atoms with van der Waals surface area (Å²) in [6.07, 6.45) is 9.37. The van der Waals surface area contributed by atoms with Crippen LogP contribution in [0.3, 0.4) is 0 Å². The number of piperidine rings is 1. The maximum atomic E-state index is 12.5. The van der Waals surface area contributed by atoms with Crippen molar-refractivity contribution in [2.24, 2.45) is 11.8 Å². The number of aliphatic hydroxyl groups is 1. The summed E-state index contributed by atoms with van der Waals surface area (Å²) in [7, 11) is 0. The molecular formula is C20H35N3O3. The average molecular weight is 366 g/mol. The molecule has 0 radical (unpaired) electrons. The van der Waals surface area contributed by atoms with E-state index in [4.69, 9.17) is 0 Å². The summed E-state index contributed by atoms with van der Waals surface area (Å²) in [6.45, 7) is 5.26. The van der Waals surface area contributed by atoms with Crippen LogP contribution in [0.1, 0.15) is 64.7 Å². The van der Waals surface area contributed by atoms with Crippen LogP contribution in [0.5, 0.6) is 0 Å². The Morgan fingerprint density at radius 2 is 1.50 bits per heavy atom. The molecule has 2 heterocycles. The number of amides is 3. The van der Waals surface area contributed by atoms with E-state index in [1.807, 2.05) is 16.7 Å². The summed E-state index contributed by atoms with van der Waals surface area (Å²) in [5.74, 6) is 0.283. The number of hydrogen-bond donors (Lipinski definition) is 2. The second-order valence-corrected chi connectivity index (χ2v) is 8.65. The van der Waals surface area contributed by atoms with E-state index in [1.165, 1.54) is 19.3 Å². The summed E-state index contributed by atoms with van der Waals surface area (Å²) in [4.78, 5) is 28.8. The minimum absolute atomic E-state index is 0.0364. The van der Waals surface area contributed by atoms with Gasteiger partial charge in [0.25, 0.3) is 0 Å². The quantitative estimate of drug-likeness (QED) is 0.803. The minimum Gasteiger partial charge on any atom is -0.388 e. The van der Waals surface area contributed by atoms with Crippen molar-refractivity contribution in [3.8, 4) is 0 Å². The van der Waals surface area contributed by atoms with Crippen LogP contribution in [0, 0.1) is 11.8 Å². The first-order chi connectivity index (χ1) is 12.5. The first-order valence-electron chi connectivity index (χ1n) is 10.5. The highest BCUT2D eigenvalue weighted by Crippen LogP contribution is 2.32. The van der Waals surface area contributed by atoms with Crippen molar-refractivity contribution in [2.45, 2.75) is 70.3 Å². The molecule has 0 bridgehead atoms. The zero-order valence-electron chi connectivity index (χ0n) is 16.2.